The van der Waals surface area contributed by atoms with E-state index in [4.69, 9.17) is 9.84 Å². The topological polar surface area (TPSA) is 66.8 Å². The van der Waals surface area contributed by atoms with Gasteiger partial charge >= 0.3 is 0 Å². The third kappa shape index (κ3) is 2.74. The molecule has 5 nitrogen and oxygen atoms in total. The van der Waals surface area contributed by atoms with Crippen LogP contribution in [0.1, 0.15) is 13.8 Å². The molecule has 1 heterocycles. The van der Waals surface area contributed by atoms with E-state index in [0.717, 1.165) is 0 Å². The molecule has 0 aliphatic carbocycles. The molecule has 0 radical (unpaired) electrons. The Labute approximate surface area is 97.4 Å². The number of methoxy groups -OCH3 is 1. The van der Waals surface area contributed by atoms with Crippen LogP contribution < -0.4 is 0 Å². The summed E-state index contributed by atoms with van der Waals surface area (Å²) in [4.78, 5) is 0. The van der Waals surface area contributed by atoms with E-state index in [0.29, 0.717) is 13.1 Å². The molecule has 1 N–H and O–H groups in total. The summed E-state index contributed by atoms with van der Waals surface area (Å²) in [5.41, 5.74) is 0. The average molecular weight is 251 g/mol. The van der Waals surface area contributed by atoms with Gasteiger partial charge in [0, 0.05) is 26.8 Å². The van der Waals surface area contributed by atoms with E-state index in [1.807, 2.05) is 6.92 Å². The maximum Gasteiger partial charge on any atom is 0.219 e. The number of rotatable bonds is 5. The Bertz CT molecular complexity index is 317. The van der Waals surface area contributed by atoms with Crippen molar-refractivity contribution < 1.29 is 18.3 Å². The Hall–Kier alpha value is -0.170. The minimum atomic E-state index is -3.28. The van der Waals surface area contributed by atoms with Gasteiger partial charge in [-0.3, -0.25) is 0 Å². The van der Waals surface area contributed by atoms with Gasteiger partial charge in [-0.15, -0.1) is 0 Å². The summed E-state index contributed by atoms with van der Waals surface area (Å²) in [7, 11) is -1.78. The normalized spacial score (nSPS) is 29.5. The minimum absolute atomic E-state index is 0.0475. The van der Waals surface area contributed by atoms with Crippen molar-refractivity contribution in [2.45, 2.75) is 19.1 Å². The van der Waals surface area contributed by atoms with Gasteiger partial charge in [0.05, 0.1) is 11.9 Å². The van der Waals surface area contributed by atoms with Crippen molar-refractivity contribution in [3.05, 3.63) is 0 Å². The van der Waals surface area contributed by atoms with Crippen LogP contribution in [0.4, 0.5) is 0 Å². The number of sulfonamides is 1. The van der Waals surface area contributed by atoms with Gasteiger partial charge in [0.15, 0.2) is 0 Å². The van der Waals surface area contributed by atoms with Gasteiger partial charge in [-0.25, -0.2) is 12.7 Å². The monoisotopic (exact) mass is 251 g/mol. The van der Waals surface area contributed by atoms with Gasteiger partial charge in [0.1, 0.15) is 0 Å². The summed E-state index contributed by atoms with van der Waals surface area (Å²) in [6, 6.07) is 0. The Morgan fingerprint density at radius 1 is 1.50 bits per heavy atom. The highest BCUT2D eigenvalue weighted by Gasteiger charge is 2.38. The van der Waals surface area contributed by atoms with Crippen molar-refractivity contribution in [1.29, 1.82) is 0 Å². The maximum absolute atomic E-state index is 12.1. The molecule has 0 unspecified atom stereocenters. The molecule has 1 fully saturated rings. The van der Waals surface area contributed by atoms with Crippen molar-refractivity contribution in [2.24, 2.45) is 11.8 Å². The van der Waals surface area contributed by atoms with E-state index in [1.165, 1.54) is 11.4 Å². The lowest BCUT2D eigenvalue weighted by atomic mass is 10.00. The lowest BCUT2D eigenvalue weighted by Gasteiger charge is -2.20. The van der Waals surface area contributed by atoms with E-state index < -0.39 is 15.3 Å². The molecule has 1 aliphatic rings. The SMILES string of the molecule is COC[C@H](C)S(=O)(=O)N1C[C@@H](CO)[C@H](C)C1. The predicted molar refractivity (Wildman–Crippen MR) is 61.6 cm³/mol. The minimum Gasteiger partial charge on any atom is -0.396 e. The first-order valence-electron chi connectivity index (χ1n) is 5.52. The van der Waals surface area contributed by atoms with Gasteiger partial charge in [-0.1, -0.05) is 6.92 Å². The summed E-state index contributed by atoms with van der Waals surface area (Å²) in [5, 5.41) is 8.59. The lowest BCUT2D eigenvalue weighted by molar-refractivity contribution is 0.197. The third-order valence-corrected chi connectivity index (χ3v) is 5.41. The molecular weight excluding hydrogens is 230 g/mol. The van der Waals surface area contributed by atoms with Gasteiger partial charge in [-0.05, 0) is 18.8 Å². The smallest absolute Gasteiger partial charge is 0.219 e. The first kappa shape index (κ1) is 13.9. The molecule has 0 aromatic heterocycles. The molecule has 0 amide bonds. The molecule has 96 valence electrons. The van der Waals surface area contributed by atoms with E-state index in [-0.39, 0.29) is 25.0 Å². The highest BCUT2D eigenvalue weighted by atomic mass is 32.2. The zero-order chi connectivity index (χ0) is 12.3. The standard InChI is InChI=1S/C10H21NO4S/c1-8-4-11(5-10(8)6-12)16(13,14)9(2)7-15-3/h8-10,12H,4-7H2,1-3H3/t8-,9+,10+/m1/s1. The maximum atomic E-state index is 12.1. The van der Waals surface area contributed by atoms with Crippen molar-refractivity contribution in [1.82, 2.24) is 4.31 Å². The van der Waals surface area contributed by atoms with Crippen LogP contribution in [0.5, 0.6) is 0 Å². The number of hydrogen-bond acceptors (Lipinski definition) is 4. The average Bonchev–Trinajstić information content (AvgIpc) is 2.60. The second-order valence-electron chi connectivity index (χ2n) is 4.55. The highest BCUT2D eigenvalue weighted by Crippen LogP contribution is 2.26. The second-order valence-corrected chi connectivity index (χ2v) is 6.90. The fourth-order valence-electron chi connectivity index (χ4n) is 2.01. The van der Waals surface area contributed by atoms with Crippen LogP contribution in [-0.4, -0.2) is 56.5 Å². The number of nitrogens with zero attached hydrogens (tertiary/aromatic N) is 1. The Kier molecular flexibility index (Phi) is 4.73. The fraction of sp³-hybridized carbons (Fsp3) is 1.00. The number of aliphatic hydroxyl groups excluding tert-OH is 1. The molecule has 1 saturated heterocycles. The molecule has 3 atom stereocenters. The van der Waals surface area contributed by atoms with E-state index in [1.54, 1.807) is 6.92 Å². The molecule has 1 rings (SSSR count). The van der Waals surface area contributed by atoms with Crippen molar-refractivity contribution in [2.75, 3.05) is 33.4 Å². The molecule has 1 aliphatic heterocycles. The van der Waals surface area contributed by atoms with E-state index >= 15 is 0 Å². The van der Waals surface area contributed by atoms with Crippen LogP contribution in [0.3, 0.4) is 0 Å². The zero-order valence-corrected chi connectivity index (χ0v) is 10.9. The first-order valence-corrected chi connectivity index (χ1v) is 7.02. The number of hydrogen-bond donors (Lipinski definition) is 1. The Morgan fingerprint density at radius 2 is 2.12 bits per heavy atom. The second kappa shape index (κ2) is 5.44. The van der Waals surface area contributed by atoms with Gasteiger partial charge < -0.3 is 9.84 Å². The Balaban J connectivity index is 2.72. The summed E-state index contributed by atoms with van der Waals surface area (Å²) >= 11 is 0. The van der Waals surface area contributed by atoms with Crippen LogP contribution in [0, 0.1) is 11.8 Å². The van der Waals surface area contributed by atoms with Crippen LogP contribution in [0.15, 0.2) is 0 Å². The molecule has 0 bridgehead atoms. The number of aliphatic hydroxyl groups is 1. The van der Waals surface area contributed by atoms with Crippen molar-refractivity contribution >= 4 is 10.0 Å². The molecular formula is C10H21NO4S. The van der Waals surface area contributed by atoms with Crippen molar-refractivity contribution in [3.8, 4) is 0 Å². The molecule has 0 saturated carbocycles. The molecule has 6 heteroatoms. The molecule has 0 aromatic carbocycles. The van der Waals surface area contributed by atoms with Gasteiger partial charge in [-0.2, -0.15) is 0 Å². The van der Waals surface area contributed by atoms with E-state index in [9.17, 15) is 8.42 Å². The molecule has 0 aromatic rings. The summed E-state index contributed by atoms with van der Waals surface area (Å²) in [5.74, 6) is 0.277. The highest BCUT2D eigenvalue weighted by molar-refractivity contribution is 7.89. The summed E-state index contributed by atoms with van der Waals surface area (Å²) < 4.78 is 30.5. The summed E-state index contributed by atoms with van der Waals surface area (Å²) in [6.07, 6.45) is 0. The predicted octanol–water partition coefficient (Wildman–Crippen LogP) is -0.0887. The molecule has 0 spiro atoms. The quantitative estimate of drug-likeness (QED) is 0.741. The number of ether oxygens (including phenoxy) is 1. The van der Waals surface area contributed by atoms with E-state index in [2.05, 4.69) is 0 Å². The van der Waals surface area contributed by atoms with Crippen LogP contribution in [0.25, 0.3) is 0 Å². The van der Waals surface area contributed by atoms with Gasteiger partial charge in [0.2, 0.25) is 10.0 Å². The summed E-state index contributed by atoms with van der Waals surface area (Å²) in [6.45, 7) is 4.80. The van der Waals surface area contributed by atoms with Gasteiger partial charge in [0.25, 0.3) is 0 Å². The van der Waals surface area contributed by atoms with Crippen LogP contribution in [0.2, 0.25) is 0 Å². The van der Waals surface area contributed by atoms with Crippen molar-refractivity contribution in [3.63, 3.8) is 0 Å². The lowest BCUT2D eigenvalue weighted by Crippen LogP contribution is -2.38. The zero-order valence-electron chi connectivity index (χ0n) is 10.1. The largest absolute Gasteiger partial charge is 0.396 e. The first-order chi connectivity index (χ1) is 7.43. The fourth-order valence-corrected chi connectivity index (χ4v) is 3.67. The third-order valence-electron chi connectivity index (χ3n) is 3.24. The van der Waals surface area contributed by atoms with Crippen LogP contribution >= 0.6 is 0 Å². The molecule has 16 heavy (non-hydrogen) atoms. The Morgan fingerprint density at radius 3 is 2.56 bits per heavy atom. The van der Waals surface area contributed by atoms with Crippen LogP contribution in [-0.2, 0) is 14.8 Å².